The number of benzene rings is 1. The molecule has 1 saturated heterocycles. The van der Waals surface area contributed by atoms with Crippen molar-refractivity contribution in [3.63, 3.8) is 0 Å². The van der Waals surface area contributed by atoms with Crippen LogP contribution in [0.5, 0.6) is 0 Å². The molecular weight excluding hydrogens is 380 g/mol. The van der Waals surface area contributed by atoms with E-state index in [-0.39, 0.29) is 5.57 Å². The van der Waals surface area contributed by atoms with Crippen molar-refractivity contribution >= 4 is 22.9 Å². The van der Waals surface area contributed by atoms with Crippen LogP contribution < -0.4 is 16.4 Å². The number of aliphatic imine (C=N–C) groups is 1. The van der Waals surface area contributed by atoms with Crippen molar-refractivity contribution < 1.29 is 9.84 Å². The number of hydrogen-bond acceptors (Lipinski definition) is 8. The van der Waals surface area contributed by atoms with E-state index in [1.165, 1.54) is 19.3 Å². The standard InChI is InChI=1S/C22H30N6O2/c23-13-16(22(29)30-14-15-5-2-1-3-6-15)19-21(28-11-9-25-10-12-28)26-18-8-4-7-17(24)20(18)27-19/h4,7-8,15,22,25,27,29H,1-3,5-6,9-12,14,24H2/b19-16-. The number of piperazine rings is 1. The van der Waals surface area contributed by atoms with Crippen LogP contribution in [-0.2, 0) is 4.74 Å². The average Bonchev–Trinajstić information content (AvgIpc) is 2.79. The van der Waals surface area contributed by atoms with Gasteiger partial charge in [0.1, 0.15) is 17.3 Å². The molecule has 5 N–H and O–H groups in total. The van der Waals surface area contributed by atoms with E-state index in [1.807, 2.05) is 12.1 Å². The third kappa shape index (κ3) is 4.43. The number of nitrogen functional groups attached to an aromatic ring is 1. The normalized spacial score (nSPS) is 22.4. The number of rotatable bonds is 4. The largest absolute Gasteiger partial charge is 0.397 e. The van der Waals surface area contributed by atoms with E-state index in [1.54, 1.807) is 6.07 Å². The number of para-hydroxylation sites is 1. The number of aliphatic hydroxyl groups excluding tert-OH is 1. The molecule has 1 saturated carbocycles. The Bertz CT molecular complexity index is 863. The number of hydrogen-bond donors (Lipinski definition) is 4. The minimum absolute atomic E-state index is 0.136. The molecule has 8 heteroatoms. The molecule has 1 aromatic rings. The molecule has 0 amide bonds. The summed E-state index contributed by atoms with van der Waals surface area (Å²) in [6.07, 6.45) is 4.59. The molecule has 2 aliphatic heterocycles. The van der Waals surface area contributed by atoms with Crippen molar-refractivity contribution in [2.24, 2.45) is 10.9 Å². The third-order valence-electron chi connectivity index (χ3n) is 6.04. The van der Waals surface area contributed by atoms with Gasteiger partial charge in [0.15, 0.2) is 12.1 Å². The number of nitrogens with zero attached hydrogens (tertiary/aromatic N) is 3. The van der Waals surface area contributed by atoms with Crippen LogP contribution in [-0.4, -0.2) is 54.9 Å². The fraction of sp³-hybridized carbons (Fsp3) is 0.545. The lowest BCUT2D eigenvalue weighted by Crippen LogP contribution is -2.48. The van der Waals surface area contributed by atoms with Gasteiger partial charge in [-0.25, -0.2) is 4.99 Å². The number of nitrogens with one attached hydrogen (secondary N) is 2. The van der Waals surface area contributed by atoms with Gasteiger partial charge in [0.2, 0.25) is 0 Å². The molecule has 1 aromatic carbocycles. The van der Waals surface area contributed by atoms with E-state index < -0.39 is 6.29 Å². The van der Waals surface area contributed by atoms with Gasteiger partial charge in [-0.2, -0.15) is 5.26 Å². The van der Waals surface area contributed by atoms with Crippen LogP contribution in [0, 0.1) is 17.2 Å². The van der Waals surface area contributed by atoms with Crippen LogP contribution in [0.4, 0.5) is 17.1 Å². The Morgan fingerprint density at radius 1 is 1.30 bits per heavy atom. The number of ether oxygens (including phenoxy) is 1. The van der Waals surface area contributed by atoms with Crippen LogP contribution in [0.2, 0.25) is 0 Å². The zero-order valence-electron chi connectivity index (χ0n) is 17.2. The molecule has 4 rings (SSSR count). The molecule has 0 radical (unpaired) electrons. The van der Waals surface area contributed by atoms with Gasteiger partial charge in [-0.3, -0.25) is 0 Å². The summed E-state index contributed by atoms with van der Waals surface area (Å²) >= 11 is 0. The fourth-order valence-corrected chi connectivity index (χ4v) is 4.33. The second-order valence-electron chi connectivity index (χ2n) is 8.13. The molecule has 1 aliphatic carbocycles. The first-order valence-corrected chi connectivity index (χ1v) is 10.8. The molecule has 0 spiro atoms. The first-order chi connectivity index (χ1) is 14.7. The minimum atomic E-state index is -1.31. The molecule has 1 unspecified atom stereocenters. The number of anilines is 2. The van der Waals surface area contributed by atoms with E-state index in [9.17, 15) is 10.4 Å². The summed E-state index contributed by atoms with van der Waals surface area (Å²) in [6, 6.07) is 7.69. The maximum absolute atomic E-state index is 10.8. The molecule has 3 aliphatic rings. The Kier molecular flexibility index (Phi) is 6.53. The van der Waals surface area contributed by atoms with Crippen LogP contribution in [0.15, 0.2) is 34.5 Å². The minimum Gasteiger partial charge on any atom is -0.397 e. The van der Waals surface area contributed by atoms with Gasteiger partial charge in [0, 0.05) is 26.2 Å². The highest BCUT2D eigenvalue weighted by Gasteiger charge is 2.30. The number of fused-ring (bicyclic) bond motifs is 1. The topological polar surface area (TPSA) is 119 Å². The van der Waals surface area contributed by atoms with Crippen molar-refractivity contribution in [3.05, 3.63) is 29.5 Å². The van der Waals surface area contributed by atoms with Crippen molar-refractivity contribution in [1.29, 1.82) is 5.26 Å². The van der Waals surface area contributed by atoms with Gasteiger partial charge < -0.3 is 31.1 Å². The Hall–Kier alpha value is -2.60. The summed E-state index contributed by atoms with van der Waals surface area (Å²) in [6.45, 7) is 3.65. The number of aliphatic hydroxyl groups is 1. The molecule has 1 atom stereocenters. The smallest absolute Gasteiger partial charge is 0.193 e. The van der Waals surface area contributed by atoms with Crippen molar-refractivity contribution in [2.75, 3.05) is 43.8 Å². The molecule has 8 nitrogen and oxygen atoms in total. The first kappa shape index (κ1) is 20.7. The monoisotopic (exact) mass is 410 g/mol. The second-order valence-corrected chi connectivity index (χ2v) is 8.13. The molecule has 2 heterocycles. The lowest BCUT2D eigenvalue weighted by molar-refractivity contribution is -0.0846. The summed E-state index contributed by atoms with van der Waals surface area (Å²) in [7, 11) is 0. The molecule has 0 bridgehead atoms. The highest BCUT2D eigenvalue weighted by atomic mass is 16.6. The molecule has 0 aromatic heterocycles. The maximum Gasteiger partial charge on any atom is 0.193 e. The zero-order chi connectivity index (χ0) is 20.9. The van der Waals surface area contributed by atoms with Gasteiger partial charge in [-0.15, -0.1) is 0 Å². The van der Waals surface area contributed by atoms with E-state index in [4.69, 9.17) is 15.5 Å². The lowest BCUT2D eigenvalue weighted by atomic mass is 9.90. The summed E-state index contributed by atoms with van der Waals surface area (Å²) in [5, 5.41) is 27.3. The van der Waals surface area contributed by atoms with Crippen molar-refractivity contribution in [3.8, 4) is 6.07 Å². The van der Waals surface area contributed by atoms with E-state index in [2.05, 4.69) is 21.6 Å². The van der Waals surface area contributed by atoms with Crippen LogP contribution >= 0.6 is 0 Å². The highest BCUT2D eigenvalue weighted by molar-refractivity contribution is 6.08. The maximum atomic E-state index is 10.8. The van der Waals surface area contributed by atoms with Crippen LogP contribution in [0.25, 0.3) is 0 Å². The molecular formula is C22H30N6O2. The second kappa shape index (κ2) is 9.47. The summed E-state index contributed by atoms with van der Waals surface area (Å²) in [4.78, 5) is 6.93. The van der Waals surface area contributed by atoms with Gasteiger partial charge in [-0.1, -0.05) is 25.3 Å². The van der Waals surface area contributed by atoms with Crippen molar-refractivity contribution in [1.82, 2.24) is 10.2 Å². The highest BCUT2D eigenvalue weighted by Crippen LogP contribution is 2.37. The quantitative estimate of drug-likeness (QED) is 0.342. The first-order valence-electron chi connectivity index (χ1n) is 10.8. The number of nitriles is 1. The van der Waals surface area contributed by atoms with Gasteiger partial charge >= 0.3 is 0 Å². The van der Waals surface area contributed by atoms with Gasteiger partial charge in [-0.05, 0) is 30.9 Å². The zero-order valence-corrected chi connectivity index (χ0v) is 17.2. The van der Waals surface area contributed by atoms with E-state index in [0.717, 1.165) is 44.7 Å². The Morgan fingerprint density at radius 2 is 2.07 bits per heavy atom. The SMILES string of the molecule is N#C/C(=C1/Nc2c(N)cccc2N=C1N1CCNCC1)C(O)OCC1CCCCC1. The summed E-state index contributed by atoms with van der Waals surface area (Å²) < 4.78 is 5.76. The predicted molar refractivity (Wildman–Crippen MR) is 117 cm³/mol. The summed E-state index contributed by atoms with van der Waals surface area (Å²) in [5.74, 6) is 1.09. The van der Waals surface area contributed by atoms with Crippen LogP contribution in [0.3, 0.4) is 0 Å². The van der Waals surface area contributed by atoms with Gasteiger partial charge in [0.05, 0.1) is 23.7 Å². The Morgan fingerprint density at radius 3 is 2.80 bits per heavy atom. The third-order valence-corrected chi connectivity index (χ3v) is 6.04. The number of amidine groups is 1. The van der Waals surface area contributed by atoms with E-state index >= 15 is 0 Å². The number of nitrogens with two attached hydrogens (primary N) is 1. The fourth-order valence-electron chi connectivity index (χ4n) is 4.33. The van der Waals surface area contributed by atoms with Crippen LogP contribution in [0.1, 0.15) is 32.1 Å². The Labute approximate surface area is 177 Å². The molecule has 30 heavy (non-hydrogen) atoms. The predicted octanol–water partition coefficient (Wildman–Crippen LogP) is 2.32. The van der Waals surface area contributed by atoms with E-state index in [0.29, 0.717) is 35.4 Å². The Balaban J connectivity index is 1.64. The van der Waals surface area contributed by atoms with Gasteiger partial charge in [0.25, 0.3) is 0 Å². The summed E-state index contributed by atoms with van der Waals surface area (Å²) in [5.41, 5.74) is 8.68. The lowest BCUT2D eigenvalue weighted by Gasteiger charge is -2.35. The molecule has 2 fully saturated rings. The molecule has 160 valence electrons. The average molecular weight is 411 g/mol. The van der Waals surface area contributed by atoms with Crippen molar-refractivity contribution in [2.45, 2.75) is 38.4 Å².